The highest BCUT2D eigenvalue weighted by Gasteiger charge is 2.46. The molecule has 0 bridgehead atoms. The molecule has 1 heterocycles. The molecule has 0 aromatic carbocycles. The quantitative estimate of drug-likeness (QED) is 0.654. The summed E-state index contributed by atoms with van der Waals surface area (Å²) in [5.74, 6) is -0.273. The summed E-state index contributed by atoms with van der Waals surface area (Å²) in [4.78, 5) is 11.1. The molecule has 0 aliphatic carbocycles. The maximum absolute atomic E-state index is 11.1. The molecular formula is C11H21NO6. The van der Waals surface area contributed by atoms with E-state index in [0.717, 1.165) is 0 Å². The summed E-state index contributed by atoms with van der Waals surface area (Å²) in [5, 5.41) is 12.5. The van der Waals surface area contributed by atoms with Crippen molar-refractivity contribution in [1.82, 2.24) is 5.32 Å². The van der Waals surface area contributed by atoms with Gasteiger partial charge in [0.25, 0.3) is 0 Å². The standard InChI is InChI=1S/C11H21NO6/c1-6(13)12-8-10(17-4)9(16-3)7(5-15-2)18-11(8)14/h7-11,14H,5H2,1-4H3,(H,12,13)/t7-,8+,9+,10-,11-/m0/s1. The molecule has 0 aromatic rings. The van der Waals surface area contributed by atoms with Gasteiger partial charge in [-0.1, -0.05) is 0 Å². The van der Waals surface area contributed by atoms with Crippen LogP contribution in [-0.4, -0.2) is 69.6 Å². The monoisotopic (exact) mass is 263 g/mol. The van der Waals surface area contributed by atoms with Crippen molar-refractivity contribution in [3.8, 4) is 0 Å². The Hall–Kier alpha value is -0.730. The lowest BCUT2D eigenvalue weighted by atomic mass is 9.96. The first kappa shape index (κ1) is 15.3. The van der Waals surface area contributed by atoms with Crippen molar-refractivity contribution in [1.29, 1.82) is 0 Å². The molecule has 0 spiro atoms. The normalized spacial score (nSPS) is 36.4. The van der Waals surface area contributed by atoms with Crippen LogP contribution in [0.3, 0.4) is 0 Å². The number of nitrogens with one attached hydrogen (secondary N) is 1. The van der Waals surface area contributed by atoms with Gasteiger partial charge >= 0.3 is 0 Å². The van der Waals surface area contributed by atoms with Gasteiger partial charge in [0, 0.05) is 28.3 Å². The van der Waals surface area contributed by atoms with Crippen LogP contribution in [0, 0.1) is 0 Å². The van der Waals surface area contributed by atoms with Crippen LogP contribution in [0.1, 0.15) is 6.92 Å². The number of aliphatic hydroxyl groups excluding tert-OH is 1. The molecule has 1 aliphatic heterocycles. The highest BCUT2D eigenvalue weighted by molar-refractivity contribution is 5.73. The predicted molar refractivity (Wildman–Crippen MR) is 62.0 cm³/mol. The second kappa shape index (κ2) is 7.01. The third-order valence-electron chi connectivity index (χ3n) is 2.91. The Balaban J connectivity index is 2.85. The summed E-state index contributed by atoms with van der Waals surface area (Å²) in [7, 11) is 4.54. The van der Waals surface area contributed by atoms with E-state index in [-0.39, 0.29) is 12.5 Å². The number of ether oxygens (including phenoxy) is 4. The number of methoxy groups -OCH3 is 3. The second-order valence-corrected chi connectivity index (χ2v) is 4.15. The smallest absolute Gasteiger partial charge is 0.217 e. The SMILES string of the molecule is COC[C@@H]1O[C@H](O)[C@H](NC(C)=O)[C@H](OC)[C@@H]1OC. The Labute approximate surface area is 106 Å². The van der Waals surface area contributed by atoms with Gasteiger partial charge in [0.1, 0.15) is 24.4 Å². The number of carbonyl (C=O) groups is 1. The molecule has 1 saturated heterocycles. The van der Waals surface area contributed by atoms with E-state index in [1.807, 2.05) is 0 Å². The Bertz CT molecular complexity index is 274. The molecule has 106 valence electrons. The van der Waals surface area contributed by atoms with Crippen molar-refractivity contribution in [3.63, 3.8) is 0 Å². The minimum atomic E-state index is -1.16. The zero-order valence-corrected chi connectivity index (χ0v) is 11.1. The molecular weight excluding hydrogens is 242 g/mol. The lowest BCUT2D eigenvalue weighted by Crippen LogP contribution is -2.65. The van der Waals surface area contributed by atoms with E-state index in [0.29, 0.717) is 0 Å². The molecule has 0 saturated carbocycles. The Morgan fingerprint density at radius 2 is 1.89 bits per heavy atom. The average Bonchev–Trinajstić information content (AvgIpc) is 2.31. The van der Waals surface area contributed by atoms with E-state index in [4.69, 9.17) is 18.9 Å². The molecule has 7 nitrogen and oxygen atoms in total. The number of carbonyl (C=O) groups excluding carboxylic acids is 1. The molecule has 0 radical (unpaired) electrons. The van der Waals surface area contributed by atoms with E-state index < -0.39 is 30.6 Å². The molecule has 1 rings (SSSR count). The molecule has 7 heteroatoms. The van der Waals surface area contributed by atoms with E-state index in [1.54, 1.807) is 0 Å². The van der Waals surface area contributed by atoms with Crippen LogP contribution in [0.2, 0.25) is 0 Å². The topological polar surface area (TPSA) is 86.2 Å². The summed E-state index contributed by atoms with van der Waals surface area (Å²) >= 11 is 0. The van der Waals surface area contributed by atoms with Gasteiger partial charge in [0.15, 0.2) is 6.29 Å². The fraction of sp³-hybridized carbons (Fsp3) is 0.909. The highest BCUT2D eigenvalue weighted by Crippen LogP contribution is 2.24. The van der Waals surface area contributed by atoms with Crippen LogP contribution in [0.4, 0.5) is 0 Å². The maximum Gasteiger partial charge on any atom is 0.217 e. The van der Waals surface area contributed by atoms with Crippen LogP contribution >= 0.6 is 0 Å². The fourth-order valence-electron chi connectivity index (χ4n) is 2.17. The van der Waals surface area contributed by atoms with Crippen molar-refractivity contribution in [2.75, 3.05) is 27.9 Å². The molecule has 18 heavy (non-hydrogen) atoms. The van der Waals surface area contributed by atoms with Crippen molar-refractivity contribution in [2.45, 2.75) is 37.6 Å². The molecule has 1 amide bonds. The van der Waals surface area contributed by atoms with Crippen LogP contribution in [0.5, 0.6) is 0 Å². The minimum absolute atomic E-state index is 0.266. The van der Waals surface area contributed by atoms with Gasteiger partial charge in [-0.05, 0) is 0 Å². The first-order valence-electron chi connectivity index (χ1n) is 5.70. The fourth-order valence-corrected chi connectivity index (χ4v) is 2.17. The van der Waals surface area contributed by atoms with Crippen LogP contribution in [-0.2, 0) is 23.7 Å². The van der Waals surface area contributed by atoms with Crippen molar-refractivity contribution in [3.05, 3.63) is 0 Å². The highest BCUT2D eigenvalue weighted by atomic mass is 16.6. The molecule has 0 unspecified atom stereocenters. The van der Waals surface area contributed by atoms with Crippen molar-refractivity contribution in [2.24, 2.45) is 0 Å². The molecule has 1 aliphatic rings. The average molecular weight is 263 g/mol. The number of rotatable bonds is 5. The molecule has 5 atom stereocenters. The molecule has 0 aromatic heterocycles. The van der Waals surface area contributed by atoms with Crippen molar-refractivity contribution < 1.29 is 28.8 Å². The summed E-state index contributed by atoms with van der Waals surface area (Å²) in [6, 6.07) is -0.675. The lowest BCUT2D eigenvalue weighted by molar-refractivity contribution is -0.264. The first-order chi connectivity index (χ1) is 8.54. The van der Waals surface area contributed by atoms with Crippen LogP contribution < -0.4 is 5.32 Å². The Morgan fingerprint density at radius 3 is 2.33 bits per heavy atom. The van der Waals surface area contributed by atoms with Gasteiger partial charge in [-0.3, -0.25) is 4.79 Å². The summed E-state index contributed by atoms with van der Waals surface area (Å²) in [5.41, 5.74) is 0. The van der Waals surface area contributed by atoms with Gasteiger partial charge < -0.3 is 29.4 Å². The number of amides is 1. The third-order valence-corrected chi connectivity index (χ3v) is 2.91. The summed E-state index contributed by atoms with van der Waals surface area (Å²) in [6.45, 7) is 1.63. The van der Waals surface area contributed by atoms with E-state index in [9.17, 15) is 9.90 Å². The Morgan fingerprint density at radius 1 is 1.28 bits per heavy atom. The van der Waals surface area contributed by atoms with Crippen LogP contribution in [0.15, 0.2) is 0 Å². The van der Waals surface area contributed by atoms with Gasteiger partial charge in [-0.25, -0.2) is 0 Å². The largest absolute Gasteiger partial charge is 0.382 e. The molecule has 2 N–H and O–H groups in total. The lowest BCUT2D eigenvalue weighted by Gasteiger charge is -2.43. The van der Waals surface area contributed by atoms with Gasteiger partial charge in [0.2, 0.25) is 5.91 Å². The zero-order valence-electron chi connectivity index (χ0n) is 11.1. The van der Waals surface area contributed by atoms with Gasteiger partial charge in [-0.2, -0.15) is 0 Å². The first-order valence-corrected chi connectivity index (χ1v) is 5.70. The zero-order chi connectivity index (χ0) is 13.7. The van der Waals surface area contributed by atoms with Crippen molar-refractivity contribution >= 4 is 5.91 Å². The van der Waals surface area contributed by atoms with Crippen LogP contribution in [0.25, 0.3) is 0 Å². The number of hydrogen-bond acceptors (Lipinski definition) is 6. The van der Waals surface area contributed by atoms with E-state index in [1.165, 1.54) is 28.3 Å². The second-order valence-electron chi connectivity index (χ2n) is 4.15. The molecule has 1 fully saturated rings. The third kappa shape index (κ3) is 3.39. The summed E-state index contributed by atoms with van der Waals surface area (Å²) < 4.78 is 21.0. The number of hydrogen-bond donors (Lipinski definition) is 2. The summed E-state index contributed by atoms with van der Waals surface area (Å²) in [6.07, 6.45) is -2.56. The number of aliphatic hydroxyl groups is 1. The minimum Gasteiger partial charge on any atom is -0.382 e. The van der Waals surface area contributed by atoms with Gasteiger partial charge in [0.05, 0.1) is 6.61 Å². The predicted octanol–water partition coefficient (Wildman–Crippen LogP) is -1.12. The van der Waals surface area contributed by atoms with E-state index >= 15 is 0 Å². The maximum atomic E-state index is 11.1. The van der Waals surface area contributed by atoms with Gasteiger partial charge in [-0.15, -0.1) is 0 Å². The Kier molecular flexibility index (Phi) is 5.97. The van der Waals surface area contributed by atoms with E-state index in [2.05, 4.69) is 5.32 Å².